The molecule has 1 aromatic carbocycles. The summed E-state index contributed by atoms with van der Waals surface area (Å²) in [6, 6.07) is 11.6. The van der Waals surface area contributed by atoms with Crippen molar-refractivity contribution in [3.8, 4) is 11.8 Å². The van der Waals surface area contributed by atoms with Gasteiger partial charge in [0.1, 0.15) is 6.61 Å². The maximum Gasteiger partial charge on any atom is 0.224 e. The van der Waals surface area contributed by atoms with Crippen LogP contribution in [0.25, 0.3) is 0 Å². The standard InChI is InChI=1S/C16H15NO2S/c18-8-4-7-14-9-15(20-12-14)11-17-16(19)10-13-5-2-1-3-6-13/h1-3,5-6,9,12,18H,8,10-11H2,(H,17,19). The molecule has 0 aliphatic carbocycles. The summed E-state index contributed by atoms with van der Waals surface area (Å²) in [5, 5.41) is 13.4. The Labute approximate surface area is 122 Å². The summed E-state index contributed by atoms with van der Waals surface area (Å²) in [4.78, 5) is 12.8. The van der Waals surface area contributed by atoms with Crippen molar-refractivity contribution in [2.24, 2.45) is 0 Å². The van der Waals surface area contributed by atoms with Gasteiger partial charge < -0.3 is 10.4 Å². The smallest absolute Gasteiger partial charge is 0.224 e. The number of thiophene rings is 1. The molecule has 1 aromatic heterocycles. The molecule has 0 bridgehead atoms. The highest BCUT2D eigenvalue weighted by atomic mass is 32.1. The van der Waals surface area contributed by atoms with E-state index in [1.165, 1.54) is 0 Å². The Bertz CT molecular complexity index is 623. The molecule has 0 spiro atoms. The summed E-state index contributed by atoms with van der Waals surface area (Å²) >= 11 is 1.55. The van der Waals surface area contributed by atoms with Crippen LogP contribution in [0, 0.1) is 11.8 Å². The van der Waals surface area contributed by atoms with Crippen LogP contribution in [0.2, 0.25) is 0 Å². The average molecular weight is 285 g/mol. The Hall–Kier alpha value is -2.09. The highest BCUT2D eigenvalue weighted by molar-refractivity contribution is 7.10. The van der Waals surface area contributed by atoms with Gasteiger partial charge in [-0.25, -0.2) is 0 Å². The fraction of sp³-hybridized carbons (Fsp3) is 0.188. The molecule has 2 rings (SSSR count). The number of carbonyl (C=O) groups excluding carboxylic acids is 1. The third-order valence-electron chi connectivity index (χ3n) is 2.63. The van der Waals surface area contributed by atoms with E-state index in [0.29, 0.717) is 13.0 Å². The van der Waals surface area contributed by atoms with Crippen LogP contribution in [0.1, 0.15) is 16.0 Å². The maximum atomic E-state index is 11.8. The van der Waals surface area contributed by atoms with Gasteiger partial charge in [0.2, 0.25) is 5.91 Å². The summed E-state index contributed by atoms with van der Waals surface area (Å²) in [5.41, 5.74) is 1.88. The molecule has 2 N–H and O–H groups in total. The molecule has 0 aliphatic heterocycles. The molecule has 0 fully saturated rings. The molecule has 102 valence electrons. The van der Waals surface area contributed by atoms with Gasteiger partial charge in [0.15, 0.2) is 0 Å². The Morgan fingerprint density at radius 3 is 2.85 bits per heavy atom. The Balaban J connectivity index is 1.83. The third kappa shape index (κ3) is 4.54. The SMILES string of the molecule is O=C(Cc1ccccc1)NCc1cc(C#CCO)cs1. The van der Waals surface area contributed by atoms with Gasteiger partial charge in [0.25, 0.3) is 0 Å². The first-order valence-electron chi connectivity index (χ1n) is 6.25. The van der Waals surface area contributed by atoms with E-state index in [1.807, 2.05) is 41.8 Å². The summed E-state index contributed by atoms with van der Waals surface area (Å²) in [6.45, 7) is 0.371. The van der Waals surface area contributed by atoms with Crippen LogP contribution >= 0.6 is 11.3 Å². The molecule has 20 heavy (non-hydrogen) atoms. The van der Waals surface area contributed by atoms with E-state index in [4.69, 9.17) is 5.11 Å². The van der Waals surface area contributed by atoms with Crippen molar-refractivity contribution in [1.82, 2.24) is 5.32 Å². The minimum atomic E-state index is -0.140. The summed E-state index contributed by atoms with van der Waals surface area (Å²) < 4.78 is 0. The van der Waals surface area contributed by atoms with Crippen LogP contribution < -0.4 is 5.32 Å². The Kier molecular flexibility index (Phi) is 5.36. The first-order chi connectivity index (χ1) is 9.78. The van der Waals surface area contributed by atoms with Gasteiger partial charge in [0.05, 0.1) is 13.0 Å². The van der Waals surface area contributed by atoms with Crippen molar-refractivity contribution in [3.05, 3.63) is 57.8 Å². The molecule has 2 aromatic rings. The fourth-order valence-corrected chi connectivity index (χ4v) is 2.47. The minimum absolute atomic E-state index is 0.00703. The highest BCUT2D eigenvalue weighted by Crippen LogP contribution is 2.13. The minimum Gasteiger partial charge on any atom is -0.384 e. The van der Waals surface area contributed by atoms with Crippen LogP contribution in [0.5, 0.6) is 0 Å². The van der Waals surface area contributed by atoms with Crippen molar-refractivity contribution in [2.45, 2.75) is 13.0 Å². The van der Waals surface area contributed by atoms with Gasteiger partial charge in [-0.2, -0.15) is 0 Å². The number of hydrogen-bond acceptors (Lipinski definition) is 3. The van der Waals surface area contributed by atoms with Crippen LogP contribution in [-0.4, -0.2) is 17.6 Å². The van der Waals surface area contributed by atoms with E-state index in [2.05, 4.69) is 17.2 Å². The average Bonchev–Trinajstić information content (AvgIpc) is 2.92. The maximum absolute atomic E-state index is 11.8. The fourth-order valence-electron chi connectivity index (χ4n) is 1.71. The predicted molar refractivity (Wildman–Crippen MR) is 80.3 cm³/mol. The van der Waals surface area contributed by atoms with Crippen LogP contribution in [0.4, 0.5) is 0 Å². The van der Waals surface area contributed by atoms with Crippen molar-refractivity contribution in [1.29, 1.82) is 0 Å². The summed E-state index contributed by atoms with van der Waals surface area (Å²) in [6.07, 6.45) is 0.392. The Morgan fingerprint density at radius 1 is 1.30 bits per heavy atom. The molecule has 0 aliphatic rings. The molecule has 1 amide bonds. The number of aliphatic hydroxyl groups excluding tert-OH is 1. The van der Waals surface area contributed by atoms with E-state index < -0.39 is 0 Å². The second kappa shape index (κ2) is 7.49. The molecule has 0 saturated carbocycles. The number of benzene rings is 1. The van der Waals surface area contributed by atoms with E-state index in [0.717, 1.165) is 16.0 Å². The largest absolute Gasteiger partial charge is 0.384 e. The molecule has 4 heteroatoms. The molecule has 0 saturated heterocycles. The zero-order valence-corrected chi connectivity index (χ0v) is 11.7. The Morgan fingerprint density at radius 2 is 2.10 bits per heavy atom. The monoisotopic (exact) mass is 285 g/mol. The first kappa shape index (κ1) is 14.3. The quantitative estimate of drug-likeness (QED) is 0.844. The number of carbonyl (C=O) groups is 1. The van der Waals surface area contributed by atoms with E-state index >= 15 is 0 Å². The van der Waals surface area contributed by atoms with Crippen molar-refractivity contribution in [2.75, 3.05) is 6.61 Å². The summed E-state index contributed by atoms with van der Waals surface area (Å²) in [5.74, 6) is 5.45. The molecule has 3 nitrogen and oxygen atoms in total. The normalized spacial score (nSPS) is 9.65. The molecule has 0 unspecified atom stereocenters. The molecular formula is C16H15NO2S. The van der Waals surface area contributed by atoms with Crippen LogP contribution in [0.3, 0.4) is 0 Å². The third-order valence-corrected chi connectivity index (χ3v) is 3.57. The van der Waals surface area contributed by atoms with Gasteiger partial charge in [-0.1, -0.05) is 42.2 Å². The molecule has 1 heterocycles. The van der Waals surface area contributed by atoms with Gasteiger partial charge in [0, 0.05) is 15.8 Å². The molecular weight excluding hydrogens is 270 g/mol. The highest BCUT2D eigenvalue weighted by Gasteiger charge is 2.04. The van der Waals surface area contributed by atoms with Crippen LogP contribution in [-0.2, 0) is 17.8 Å². The second-order valence-corrected chi connectivity index (χ2v) is 5.20. The lowest BCUT2D eigenvalue weighted by Gasteiger charge is -2.03. The summed E-state index contributed by atoms with van der Waals surface area (Å²) in [7, 11) is 0. The van der Waals surface area contributed by atoms with Crippen LogP contribution in [0.15, 0.2) is 41.8 Å². The lowest BCUT2D eigenvalue weighted by molar-refractivity contribution is -0.120. The lowest BCUT2D eigenvalue weighted by Crippen LogP contribution is -2.24. The van der Waals surface area contributed by atoms with Crippen molar-refractivity contribution >= 4 is 17.2 Å². The number of hydrogen-bond donors (Lipinski definition) is 2. The van der Waals surface area contributed by atoms with Crippen molar-refractivity contribution < 1.29 is 9.90 Å². The van der Waals surface area contributed by atoms with Gasteiger partial charge in [-0.3, -0.25) is 4.79 Å². The number of amides is 1. The van der Waals surface area contributed by atoms with Crippen molar-refractivity contribution in [3.63, 3.8) is 0 Å². The number of aliphatic hydroxyl groups is 1. The lowest BCUT2D eigenvalue weighted by atomic mass is 10.1. The van der Waals surface area contributed by atoms with E-state index in [9.17, 15) is 4.79 Å². The molecule has 0 radical (unpaired) electrons. The van der Waals surface area contributed by atoms with Gasteiger partial charge in [-0.05, 0) is 11.6 Å². The zero-order chi connectivity index (χ0) is 14.2. The van der Waals surface area contributed by atoms with Gasteiger partial charge >= 0.3 is 0 Å². The topological polar surface area (TPSA) is 49.3 Å². The van der Waals surface area contributed by atoms with Gasteiger partial charge in [-0.15, -0.1) is 11.3 Å². The van der Waals surface area contributed by atoms with E-state index in [-0.39, 0.29) is 12.5 Å². The predicted octanol–water partition coefficient (Wildman–Crippen LogP) is 1.95. The molecule has 0 atom stereocenters. The van der Waals surface area contributed by atoms with E-state index in [1.54, 1.807) is 11.3 Å². The number of nitrogens with one attached hydrogen (secondary N) is 1. The zero-order valence-electron chi connectivity index (χ0n) is 10.9. The second-order valence-electron chi connectivity index (χ2n) is 4.20. The first-order valence-corrected chi connectivity index (χ1v) is 7.13. The number of rotatable bonds is 4.